The van der Waals surface area contributed by atoms with Gasteiger partial charge >= 0.3 is 0 Å². The highest BCUT2D eigenvalue weighted by Gasteiger charge is 2.01. The molecule has 0 fully saturated rings. The van der Waals surface area contributed by atoms with Crippen LogP contribution in [0.3, 0.4) is 0 Å². The summed E-state index contributed by atoms with van der Waals surface area (Å²) in [7, 11) is 0. The van der Waals surface area contributed by atoms with E-state index in [1.54, 1.807) is 0 Å². The molecule has 0 aliphatic heterocycles. The van der Waals surface area contributed by atoms with Gasteiger partial charge in [0.05, 0.1) is 0 Å². The summed E-state index contributed by atoms with van der Waals surface area (Å²) in [6.07, 6.45) is 2.01. The standard InChI is InChI=1S/C10H10IN/c1-7-2-3-8(6-11)10-9(7)4-5-12-10/h2-5,12H,6H2,1H3. The summed E-state index contributed by atoms with van der Waals surface area (Å²) in [4.78, 5) is 3.28. The molecule has 1 N–H and O–H groups in total. The number of halogens is 1. The molecule has 0 saturated carbocycles. The van der Waals surface area contributed by atoms with E-state index in [9.17, 15) is 0 Å². The molecular weight excluding hydrogens is 261 g/mol. The van der Waals surface area contributed by atoms with Crippen molar-refractivity contribution < 1.29 is 0 Å². The highest BCUT2D eigenvalue weighted by molar-refractivity contribution is 14.1. The molecule has 1 aromatic carbocycles. The van der Waals surface area contributed by atoms with Crippen molar-refractivity contribution in [1.29, 1.82) is 0 Å². The van der Waals surface area contributed by atoms with Crippen molar-refractivity contribution in [3.8, 4) is 0 Å². The fraction of sp³-hybridized carbons (Fsp3) is 0.200. The summed E-state index contributed by atoms with van der Waals surface area (Å²) < 4.78 is 1.06. The Kier molecular flexibility index (Phi) is 2.09. The third-order valence-electron chi connectivity index (χ3n) is 2.17. The van der Waals surface area contributed by atoms with Crippen molar-refractivity contribution in [1.82, 2.24) is 4.98 Å². The van der Waals surface area contributed by atoms with Crippen molar-refractivity contribution in [3.05, 3.63) is 35.5 Å². The fourth-order valence-electron chi connectivity index (χ4n) is 1.47. The van der Waals surface area contributed by atoms with Gasteiger partial charge in [0.25, 0.3) is 0 Å². The van der Waals surface area contributed by atoms with Crippen LogP contribution in [0.2, 0.25) is 0 Å². The van der Waals surface area contributed by atoms with Gasteiger partial charge in [-0.05, 0) is 24.1 Å². The second-order valence-electron chi connectivity index (χ2n) is 2.94. The Balaban J connectivity index is 2.82. The van der Waals surface area contributed by atoms with Gasteiger partial charge in [-0.2, -0.15) is 0 Å². The number of hydrogen-bond acceptors (Lipinski definition) is 0. The van der Waals surface area contributed by atoms with Crippen LogP contribution in [0.25, 0.3) is 10.9 Å². The Morgan fingerprint density at radius 1 is 1.33 bits per heavy atom. The Labute approximate surface area is 85.3 Å². The van der Waals surface area contributed by atoms with E-state index in [1.807, 2.05) is 6.20 Å². The van der Waals surface area contributed by atoms with Gasteiger partial charge in [-0.25, -0.2) is 0 Å². The molecule has 0 unspecified atom stereocenters. The van der Waals surface area contributed by atoms with Crippen molar-refractivity contribution in [3.63, 3.8) is 0 Å². The fourth-order valence-corrected chi connectivity index (χ4v) is 2.11. The first-order valence-electron chi connectivity index (χ1n) is 3.94. The summed E-state index contributed by atoms with van der Waals surface area (Å²) in [6, 6.07) is 6.52. The van der Waals surface area contributed by atoms with Gasteiger partial charge < -0.3 is 4.98 Å². The van der Waals surface area contributed by atoms with E-state index < -0.39 is 0 Å². The molecule has 2 heteroatoms. The van der Waals surface area contributed by atoms with E-state index in [-0.39, 0.29) is 0 Å². The SMILES string of the molecule is Cc1ccc(CI)c2[nH]ccc12. The molecule has 2 aromatic rings. The number of hydrogen-bond donors (Lipinski definition) is 1. The van der Waals surface area contributed by atoms with Crippen LogP contribution in [-0.2, 0) is 4.43 Å². The van der Waals surface area contributed by atoms with E-state index in [0.717, 1.165) is 4.43 Å². The zero-order valence-corrected chi connectivity index (χ0v) is 9.05. The first-order chi connectivity index (χ1) is 5.83. The van der Waals surface area contributed by atoms with Gasteiger partial charge in [-0.1, -0.05) is 34.7 Å². The Bertz CT molecular complexity index is 403. The van der Waals surface area contributed by atoms with Gasteiger partial charge in [0, 0.05) is 21.5 Å². The molecule has 0 aliphatic carbocycles. The summed E-state index contributed by atoms with van der Waals surface area (Å²) in [5, 5.41) is 1.35. The van der Waals surface area contributed by atoms with E-state index in [0.29, 0.717) is 0 Å². The molecule has 1 heterocycles. The minimum Gasteiger partial charge on any atom is -0.361 e. The monoisotopic (exact) mass is 271 g/mol. The van der Waals surface area contributed by atoms with Crippen LogP contribution in [0.5, 0.6) is 0 Å². The summed E-state index contributed by atoms with van der Waals surface area (Å²) in [5.74, 6) is 0. The maximum Gasteiger partial charge on any atom is 0.0497 e. The number of nitrogens with one attached hydrogen (secondary N) is 1. The smallest absolute Gasteiger partial charge is 0.0497 e. The highest BCUT2D eigenvalue weighted by Crippen LogP contribution is 2.22. The molecule has 1 nitrogen and oxygen atoms in total. The van der Waals surface area contributed by atoms with Gasteiger partial charge in [0.15, 0.2) is 0 Å². The second-order valence-corrected chi connectivity index (χ2v) is 3.70. The molecule has 12 heavy (non-hydrogen) atoms. The quantitative estimate of drug-likeness (QED) is 0.604. The maximum absolute atomic E-state index is 3.28. The predicted octanol–water partition coefficient (Wildman–Crippen LogP) is 3.41. The Hall–Kier alpha value is -0.510. The number of benzene rings is 1. The minimum atomic E-state index is 1.06. The van der Waals surface area contributed by atoms with E-state index in [2.05, 4.69) is 52.7 Å². The first-order valence-corrected chi connectivity index (χ1v) is 5.47. The van der Waals surface area contributed by atoms with Gasteiger partial charge in [0.1, 0.15) is 0 Å². The lowest BCUT2D eigenvalue weighted by Crippen LogP contribution is -1.82. The third kappa shape index (κ3) is 1.14. The van der Waals surface area contributed by atoms with Gasteiger partial charge in [-0.3, -0.25) is 0 Å². The molecule has 62 valence electrons. The molecule has 0 spiro atoms. The molecule has 0 amide bonds. The molecule has 0 atom stereocenters. The van der Waals surface area contributed by atoms with Crippen LogP contribution in [0.4, 0.5) is 0 Å². The Morgan fingerprint density at radius 2 is 2.17 bits per heavy atom. The number of aromatic nitrogens is 1. The van der Waals surface area contributed by atoms with Crippen molar-refractivity contribution >= 4 is 33.5 Å². The summed E-state index contributed by atoms with van der Waals surface area (Å²) in [5.41, 5.74) is 4.03. The van der Waals surface area contributed by atoms with E-state index in [1.165, 1.54) is 22.0 Å². The number of aromatic amines is 1. The Morgan fingerprint density at radius 3 is 2.92 bits per heavy atom. The first kappa shape index (κ1) is 8.10. The number of aryl methyl sites for hydroxylation is 1. The van der Waals surface area contributed by atoms with Crippen LogP contribution >= 0.6 is 22.6 Å². The number of rotatable bonds is 1. The molecule has 0 aliphatic rings. The molecule has 0 saturated heterocycles. The lowest BCUT2D eigenvalue weighted by Gasteiger charge is -2.00. The highest BCUT2D eigenvalue weighted by atomic mass is 127. The second kappa shape index (κ2) is 3.09. The molecule has 0 bridgehead atoms. The number of fused-ring (bicyclic) bond motifs is 1. The van der Waals surface area contributed by atoms with Crippen LogP contribution in [-0.4, -0.2) is 4.98 Å². The third-order valence-corrected chi connectivity index (χ3v) is 2.99. The zero-order valence-electron chi connectivity index (χ0n) is 6.89. The molecule has 2 rings (SSSR count). The lowest BCUT2D eigenvalue weighted by molar-refractivity contribution is 1.39. The lowest BCUT2D eigenvalue weighted by atomic mass is 10.1. The molecule has 0 radical (unpaired) electrons. The van der Waals surface area contributed by atoms with Crippen molar-refractivity contribution in [2.45, 2.75) is 11.4 Å². The van der Waals surface area contributed by atoms with Crippen molar-refractivity contribution in [2.24, 2.45) is 0 Å². The largest absolute Gasteiger partial charge is 0.361 e. The normalized spacial score (nSPS) is 10.8. The average molecular weight is 271 g/mol. The van der Waals surface area contributed by atoms with E-state index in [4.69, 9.17) is 0 Å². The van der Waals surface area contributed by atoms with Crippen LogP contribution in [0.15, 0.2) is 24.4 Å². The maximum atomic E-state index is 3.28. The molecule has 1 aromatic heterocycles. The van der Waals surface area contributed by atoms with Crippen molar-refractivity contribution in [2.75, 3.05) is 0 Å². The summed E-state index contributed by atoms with van der Waals surface area (Å²) >= 11 is 2.39. The van der Waals surface area contributed by atoms with Gasteiger partial charge in [0.2, 0.25) is 0 Å². The van der Waals surface area contributed by atoms with E-state index >= 15 is 0 Å². The van der Waals surface area contributed by atoms with Crippen LogP contribution < -0.4 is 0 Å². The number of alkyl halides is 1. The number of H-pyrrole nitrogens is 1. The molecular formula is C10H10IN. The van der Waals surface area contributed by atoms with Crippen LogP contribution in [0.1, 0.15) is 11.1 Å². The summed E-state index contributed by atoms with van der Waals surface area (Å²) in [6.45, 7) is 2.15. The topological polar surface area (TPSA) is 15.8 Å². The zero-order chi connectivity index (χ0) is 8.55. The predicted molar refractivity (Wildman–Crippen MR) is 60.8 cm³/mol. The average Bonchev–Trinajstić information content (AvgIpc) is 2.54. The van der Waals surface area contributed by atoms with Crippen LogP contribution in [0, 0.1) is 6.92 Å². The van der Waals surface area contributed by atoms with Gasteiger partial charge in [-0.15, -0.1) is 0 Å². The minimum absolute atomic E-state index is 1.06.